The van der Waals surface area contributed by atoms with Crippen LogP contribution in [-0.2, 0) is 4.79 Å². The standard InChI is InChI=1S/C19H17ClN2O4/c1-24-15-5-7-17(25-2)12(9-15)8-13(11-21)19(23)22-16-10-14(20)4-6-18(16)26-3/h4-10H,1-3H3,(H,22,23)/b13-8+. The van der Waals surface area contributed by atoms with Gasteiger partial charge in [-0.15, -0.1) is 0 Å². The van der Waals surface area contributed by atoms with E-state index in [0.717, 1.165) is 0 Å². The van der Waals surface area contributed by atoms with E-state index in [2.05, 4.69) is 5.32 Å². The van der Waals surface area contributed by atoms with Crippen LogP contribution in [0.25, 0.3) is 6.08 Å². The molecule has 6 nitrogen and oxygen atoms in total. The number of hydrogen-bond acceptors (Lipinski definition) is 5. The van der Waals surface area contributed by atoms with E-state index in [4.69, 9.17) is 25.8 Å². The lowest BCUT2D eigenvalue weighted by Gasteiger charge is -2.11. The first-order valence-electron chi connectivity index (χ1n) is 7.51. The van der Waals surface area contributed by atoms with E-state index in [9.17, 15) is 10.1 Å². The minimum absolute atomic E-state index is 0.112. The van der Waals surface area contributed by atoms with Crippen LogP contribution < -0.4 is 19.5 Å². The molecule has 0 atom stereocenters. The molecule has 0 aliphatic heterocycles. The second kappa shape index (κ2) is 8.79. The molecule has 0 spiro atoms. The van der Waals surface area contributed by atoms with Crippen molar-refractivity contribution in [3.63, 3.8) is 0 Å². The largest absolute Gasteiger partial charge is 0.497 e. The zero-order chi connectivity index (χ0) is 19.1. The number of halogens is 1. The SMILES string of the molecule is COc1ccc(OC)c(/C=C(\C#N)C(=O)Nc2cc(Cl)ccc2OC)c1. The van der Waals surface area contributed by atoms with Crippen LogP contribution in [0.5, 0.6) is 17.2 Å². The normalized spacial score (nSPS) is 10.7. The van der Waals surface area contributed by atoms with Gasteiger partial charge in [-0.1, -0.05) is 11.6 Å². The van der Waals surface area contributed by atoms with Gasteiger partial charge in [0.1, 0.15) is 28.9 Å². The minimum Gasteiger partial charge on any atom is -0.497 e. The molecule has 2 aromatic carbocycles. The summed E-state index contributed by atoms with van der Waals surface area (Å²) in [5, 5.41) is 12.5. The lowest BCUT2D eigenvalue weighted by atomic mass is 10.1. The molecule has 2 aromatic rings. The van der Waals surface area contributed by atoms with Crippen molar-refractivity contribution in [2.45, 2.75) is 0 Å². The van der Waals surface area contributed by atoms with Gasteiger partial charge in [0.05, 0.1) is 27.0 Å². The smallest absolute Gasteiger partial charge is 0.266 e. The van der Waals surface area contributed by atoms with Gasteiger partial charge in [0, 0.05) is 10.6 Å². The van der Waals surface area contributed by atoms with Crippen molar-refractivity contribution in [3.8, 4) is 23.3 Å². The third kappa shape index (κ3) is 4.47. The van der Waals surface area contributed by atoms with E-state index < -0.39 is 5.91 Å². The van der Waals surface area contributed by atoms with Crippen LogP contribution in [0.15, 0.2) is 42.0 Å². The van der Waals surface area contributed by atoms with Gasteiger partial charge in [0.25, 0.3) is 5.91 Å². The molecule has 2 rings (SSSR count). The van der Waals surface area contributed by atoms with Crippen molar-refractivity contribution in [3.05, 3.63) is 52.6 Å². The Morgan fingerprint density at radius 1 is 1.08 bits per heavy atom. The van der Waals surface area contributed by atoms with Gasteiger partial charge in [0.15, 0.2) is 0 Å². The van der Waals surface area contributed by atoms with Gasteiger partial charge < -0.3 is 19.5 Å². The molecule has 7 heteroatoms. The quantitative estimate of drug-likeness (QED) is 0.614. The first-order valence-corrected chi connectivity index (χ1v) is 7.89. The van der Waals surface area contributed by atoms with Crippen LogP contribution >= 0.6 is 11.6 Å². The summed E-state index contributed by atoms with van der Waals surface area (Å²) in [4.78, 5) is 12.5. The second-order valence-electron chi connectivity index (χ2n) is 5.08. The van der Waals surface area contributed by atoms with Crippen molar-refractivity contribution in [1.82, 2.24) is 0 Å². The average Bonchev–Trinajstić information content (AvgIpc) is 2.65. The Hall–Kier alpha value is -3.17. The number of anilines is 1. The molecule has 134 valence electrons. The molecule has 26 heavy (non-hydrogen) atoms. The van der Waals surface area contributed by atoms with Gasteiger partial charge in [-0.25, -0.2) is 0 Å². The molecule has 0 aliphatic rings. The molecule has 1 N–H and O–H groups in total. The highest BCUT2D eigenvalue weighted by Gasteiger charge is 2.14. The van der Waals surface area contributed by atoms with E-state index in [-0.39, 0.29) is 5.57 Å². The molecular formula is C19H17ClN2O4. The predicted molar refractivity (Wildman–Crippen MR) is 99.8 cm³/mol. The average molecular weight is 373 g/mol. The maximum Gasteiger partial charge on any atom is 0.266 e. The first-order chi connectivity index (χ1) is 12.5. The maximum atomic E-state index is 12.5. The minimum atomic E-state index is -0.599. The molecule has 0 saturated heterocycles. The van der Waals surface area contributed by atoms with Crippen molar-refractivity contribution >= 4 is 29.3 Å². The monoisotopic (exact) mass is 372 g/mol. The molecular weight excluding hydrogens is 356 g/mol. The lowest BCUT2D eigenvalue weighted by molar-refractivity contribution is -0.112. The van der Waals surface area contributed by atoms with Gasteiger partial charge in [0.2, 0.25) is 0 Å². The van der Waals surface area contributed by atoms with Crippen LogP contribution in [-0.4, -0.2) is 27.2 Å². The first kappa shape index (κ1) is 19.2. The van der Waals surface area contributed by atoms with Crippen LogP contribution in [0.3, 0.4) is 0 Å². The van der Waals surface area contributed by atoms with Crippen LogP contribution in [0.2, 0.25) is 5.02 Å². The number of carbonyl (C=O) groups is 1. The topological polar surface area (TPSA) is 80.6 Å². The number of nitriles is 1. The Kier molecular flexibility index (Phi) is 6.48. The number of carbonyl (C=O) groups excluding carboxylic acids is 1. The van der Waals surface area contributed by atoms with Crippen molar-refractivity contribution in [2.75, 3.05) is 26.6 Å². The summed E-state index contributed by atoms with van der Waals surface area (Å²) >= 11 is 5.96. The summed E-state index contributed by atoms with van der Waals surface area (Å²) in [6, 6.07) is 11.8. The summed E-state index contributed by atoms with van der Waals surface area (Å²) in [7, 11) is 4.50. The van der Waals surface area contributed by atoms with Crippen molar-refractivity contribution < 1.29 is 19.0 Å². The number of benzene rings is 2. The molecule has 0 heterocycles. The van der Waals surface area contributed by atoms with E-state index in [1.165, 1.54) is 27.4 Å². The van der Waals surface area contributed by atoms with Gasteiger partial charge in [-0.05, 0) is 42.5 Å². The number of nitrogens with one attached hydrogen (secondary N) is 1. The predicted octanol–water partition coefficient (Wildman–Crippen LogP) is 3.91. The number of ether oxygens (including phenoxy) is 3. The number of nitrogens with zero attached hydrogens (tertiary/aromatic N) is 1. The zero-order valence-corrected chi connectivity index (χ0v) is 15.3. The molecule has 0 saturated carbocycles. The van der Waals surface area contributed by atoms with Crippen LogP contribution in [0, 0.1) is 11.3 Å². The van der Waals surface area contributed by atoms with Gasteiger partial charge in [-0.3, -0.25) is 4.79 Å². The van der Waals surface area contributed by atoms with E-state index in [0.29, 0.717) is 33.5 Å². The fraction of sp³-hybridized carbons (Fsp3) is 0.158. The molecule has 0 aromatic heterocycles. The van der Waals surface area contributed by atoms with E-state index in [1.54, 1.807) is 36.4 Å². The Labute approximate surface area is 156 Å². The van der Waals surface area contributed by atoms with Crippen LogP contribution in [0.4, 0.5) is 5.69 Å². The Balaban J connectivity index is 2.37. The molecule has 0 bridgehead atoms. The van der Waals surface area contributed by atoms with Crippen molar-refractivity contribution in [1.29, 1.82) is 5.26 Å². The summed E-state index contributed by atoms with van der Waals surface area (Å²) in [6.45, 7) is 0. The number of hydrogen-bond donors (Lipinski definition) is 1. The maximum absolute atomic E-state index is 12.5. The number of methoxy groups -OCH3 is 3. The third-order valence-electron chi connectivity index (χ3n) is 3.51. The fourth-order valence-corrected chi connectivity index (χ4v) is 2.40. The molecule has 1 amide bonds. The summed E-state index contributed by atoms with van der Waals surface area (Å²) < 4.78 is 15.6. The summed E-state index contributed by atoms with van der Waals surface area (Å²) in [6.07, 6.45) is 1.42. The highest BCUT2D eigenvalue weighted by atomic mass is 35.5. The lowest BCUT2D eigenvalue weighted by Crippen LogP contribution is -2.14. The van der Waals surface area contributed by atoms with Crippen molar-refractivity contribution in [2.24, 2.45) is 0 Å². The molecule has 0 unspecified atom stereocenters. The Morgan fingerprint density at radius 2 is 1.77 bits per heavy atom. The van der Waals surface area contributed by atoms with E-state index in [1.807, 2.05) is 6.07 Å². The van der Waals surface area contributed by atoms with Crippen LogP contribution in [0.1, 0.15) is 5.56 Å². The van der Waals surface area contributed by atoms with Gasteiger partial charge >= 0.3 is 0 Å². The molecule has 0 radical (unpaired) electrons. The number of amides is 1. The Morgan fingerprint density at radius 3 is 2.38 bits per heavy atom. The summed E-state index contributed by atoms with van der Waals surface area (Å²) in [5.74, 6) is 0.912. The molecule has 0 aliphatic carbocycles. The zero-order valence-electron chi connectivity index (χ0n) is 14.5. The third-order valence-corrected chi connectivity index (χ3v) is 3.75. The van der Waals surface area contributed by atoms with Gasteiger partial charge in [-0.2, -0.15) is 5.26 Å². The Bertz CT molecular complexity index is 888. The summed E-state index contributed by atoms with van der Waals surface area (Å²) in [5.41, 5.74) is 0.791. The highest BCUT2D eigenvalue weighted by molar-refractivity contribution is 6.31. The fourth-order valence-electron chi connectivity index (χ4n) is 2.22. The molecule has 0 fully saturated rings. The highest BCUT2D eigenvalue weighted by Crippen LogP contribution is 2.29. The van der Waals surface area contributed by atoms with E-state index >= 15 is 0 Å². The number of rotatable bonds is 6. The second-order valence-corrected chi connectivity index (χ2v) is 5.51.